The number of methoxy groups -OCH3 is 1. The Morgan fingerprint density at radius 2 is 2.17 bits per heavy atom. The first-order valence-corrected chi connectivity index (χ1v) is 7.09. The quantitative estimate of drug-likeness (QED) is 0.858. The molecule has 0 saturated heterocycles. The number of aromatic nitrogens is 1. The van der Waals surface area contributed by atoms with Gasteiger partial charge in [0.1, 0.15) is 11.6 Å². The van der Waals surface area contributed by atoms with Crippen LogP contribution in [0.3, 0.4) is 0 Å². The van der Waals surface area contributed by atoms with Crippen molar-refractivity contribution in [2.75, 3.05) is 19.0 Å². The van der Waals surface area contributed by atoms with E-state index in [1.54, 1.807) is 12.3 Å². The minimum atomic E-state index is -0.443. The normalized spacial score (nSPS) is 10.0. The van der Waals surface area contributed by atoms with Crippen LogP contribution in [-0.2, 0) is 6.54 Å². The lowest BCUT2D eigenvalue weighted by Crippen LogP contribution is -2.28. The minimum Gasteiger partial charge on any atom is -0.494 e. The van der Waals surface area contributed by atoms with Crippen LogP contribution in [0.4, 0.5) is 14.9 Å². The summed E-state index contributed by atoms with van der Waals surface area (Å²) in [4.78, 5) is 16.1. The number of benzene rings is 1. The van der Waals surface area contributed by atoms with Crippen molar-refractivity contribution >= 4 is 11.7 Å². The van der Waals surface area contributed by atoms with Crippen LogP contribution in [0, 0.1) is 5.82 Å². The number of ether oxygens (including phenoxy) is 2. The molecule has 0 aliphatic rings. The zero-order valence-corrected chi connectivity index (χ0v) is 12.9. The minimum absolute atomic E-state index is 0.247. The van der Waals surface area contributed by atoms with Gasteiger partial charge in [-0.05, 0) is 25.1 Å². The number of amides is 2. The molecule has 0 radical (unpaired) electrons. The Kier molecular flexibility index (Phi) is 5.74. The highest BCUT2D eigenvalue weighted by atomic mass is 19.1. The van der Waals surface area contributed by atoms with Crippen molar-refractivity contribution in [1.29, 1.82) is 0 Å². The predicted octanol–water partition coefficient (Wildman–Crippen LogP) is 2.95. The van der Waals surface area contributed by atoms with Crippen LogP contribution < -0.4 is 20.1 Å². The summed E-state index contributed by atoms with van der Waals surface area (Å²) in [5, 5.41) is 5.30. The maximum atomic E-state index is 13.1. The Labute approximate surface area is 133 Å². The number of hydrogen-bond donors (Lipinski definition) is 2. The number of carbonyl (C=O) groups is 1. The number of hydrogen-bond acceptors (Lipinski definition) is 4. The molecule has 6 nitrogen and oxygen atoms in total. The molecule has 0 aliphatic carbocycles. The molecule has 122 valence electrons. The summed E-state index contributed by atoms with van der Waals surface area (Å²) in [5.41, 5.74) is 1.14. The summed E-state index contributed by atoms with van der Waals surface area (Å²) < 4.78 is 23.5. The molecule has 1 aromatic carbocycles. The van der Waals surface area contributed by atoms with E-state index in [4.69, 9.17) is 9.47 Å². The van der Waals surface area contributed by atoms with Crippen molar-refractivity contribution in [2.24, 2.45) is 0 Å². The number of nitrogens with one attached hydrogen (secondary N) is 2. The van der Waals surface area contributed by atoms with E-state index in [1.807, 2.05) is 13.0 Å². The number of pyridine rings is 1. The Bertz CT molecular complexity index is 679. The highest BCUT2D eigenvalue weighted by molar-refractivity contribution is 5.90. The van der Waals surface area contributed by atoms with Gasteiger partial charge < -0.3 is 20.1 Å². The van der Waals surface area contributed by atoms with Crippen LogP contribution in [0.5, 0.6) is 11.6 Å². The molecule has 2 rings (SSSR count). The maximum absolute atomic E-state index is 13.1. The molecular formula is C16H18FN3O3. The van der Waals surface area contributed by atoms with Crippen LogP contribution in [-0.4, -0.2) is 24.7 Å². The van der Waals surface area contributed by atoms with E-state index < -0.39 is 11.8 Å². The van der Waals surface area contributed by atoms with Gasteiger partial charge in [0.15, 0.2) is 0 Å². The zero-order valence-electron chi connectivity index (χ0n) is 12.9. The molecule has 0 aliphatic heterocycles. The molecule has 7 heteroatoms. The van der Waals surface area contributed by atoms with E-state index in [0.717, 1.165) is 5.56 Å². The zero-order chi connectivity index (χ0) is 16.7. The molecule has 0 saturated carbocycles. The van der Waals surface area contributed by atoms with E-state index in [-0.39, 0.29) is 12.3 Å². The number of urea groups is 1. The summed E-state index contributed by atoms with van der Waals surface area (Å²) in [6.45, 7) is 2.60. The number of carbonyl (C=O) groups excluding carboxylic acids is 1. The summed E-state index contributed by atoms with van der Waals surface area (Å²) in [5.74, 6) is 0.288. The van der Waals surface area contributed by atoms with Gasteiger partial charge in [-0.3, -0.25) is 0 Å². The van der Waals surface area contributed by atoms with E-state index in [1.165, 1.54) is 25.3 Å². The first-order chi connectivity index (χ1) is 11.1. The predicted molar refractivity (Wildman–Crippen MR) is 84.2 cm³/mol. The van der Waals surface area contributed by atoms with E-state index >= 15 is 0 Å². The van der Waals surface area contributed by atoms with Crippen LogP contribution >= 0.6 is 0 Å². The van der Waals surface area contributed by atoms with Gasteiger partial charge in [-0.2, -0.15) is 0 Å². The molecule has 0 spiro atoms. The third-order valence-corrected chi connectivity index (χ3v) is 2.98. The van der Waals surface area contributed by atoms with Crippen molar-refractivity contribution in [1.82, 2.24) is 10.3 Å². The van der Waals surface area contributed by atoms with Crippen molar-refractivity contribution in [3.8, 4) is 11.6 Å². The smallest absolute Gasteiger partial charge is 0.319 e. The molecule has 2 N–H and O–H groups in total. The molecule has 1 heterocycles. The second-order valence-electron chi connectivity index (χ2n) is 4.55. The molecule has 23 heavy (non-hydrogen) atoms. The monoisotopic (exact) mass is 319 g/mol. The maximum Gasteiger partial charge on any atom is 0.319 e. The summed E-state index contributed by atoms with van der Waals surface area (Å²) >= 11 is 0. The van der Waals surface area contributed by atoms with E-state index in [2.05, 4.69) is 15.6 Å². The lowest BCUT2D eigenvalue weighted by molar-refractivity contribution is 0.251. The van der Waals surface area contributed by atoms with Gasteiger partial charge >= 0.3 is 6.03 Å². The van der Waals surface area contributed by atoms with Gasteiger partial charge in [0, 0.05) is 24.4 Å². The largest absolute Gasteiger partial charge is 0.494 e. The SMILES string of the molecule is CCOc1ncccc1CNC(=O)Nc1ccc(F)cc1OC. The number of anilines is 1. The van der Waals surface area contributed by atoms with Gasteiger partial charge in [-0.15, -0.1) is 0 Å². The number of nitrogens with zero attached hydrogens (tertiary/aromatic N) is 1. The fourth-order valence-corrected chi connectivity index (χ4v) is 1.94. The van der Waals surface area contributed by atoms with Gasteiger partial charge in [-0.25, -0.2) is 14.2 Å². The molecule has 0 bridgehead atoms. The second kappa shape index (κ2) is 7.98. The van der Waals surface area contributed by atoms with Gasteiger partial charge in [-0.1, -0.05) is 6.07 Å². The number of rotatable bonds is 6. The third kappa shape index (κ3) is 4.57. The molecule has 2 aromatic rings. The lowest BCUT2D eigenvalue weighted by Gasteiger charge is -2.12. The van der Waals surface area contributed by atoms with Crippen LogP contribution in [0.2, 0.25) is 0 Å². The fraction of sp³-hybridized carbons (Fsp3) is 0.250. The molecular weight excluding hydrogens is 301 g/mol. The van der Waals surface area contributed by atoms with Crippen molar-refractivity contribution < 1.29 is 18.7 Å². The highest BCUT2D eigenvalue weighted by Gasteiger charge is 2.10. The standard InChI is InChI=1S/C16H18FN3O3/c1-3-23-15-11(5-4-8-18-15)10-19-16(21)20-13-7-6-12(17)9-14(13)22-2/h4-9H,3,10H2,1-2H3,(H2,19,20,21). The van der Waals surface area contributed by atoms with E-state index in [0.29, 0.717) is 18.2 Å². The molecule has 2 amide bonds. The Balaban J connectivity index is 1.98. The average Bonchev–Trinajstić information content (AvgIpc) is 2.56. The van der Waals surface area contributed by atoms with Gasteiger partial charge in [0.05, 0.1) is 19.4 Å². The van der Waals surface area contributed by atoms with Gasteiger partial charge in [0.25, 0.3) is 0 Å². The Morgan fingerprint density at radius 3 is 2.91 bits per heavy atom. The molecule has 0 unspecified atom stereocenters. The molecule has 0 atom stereocenters. The number of halogens is 1. The summed E-state index contributed by atoms with van der Waals surface area (Å²) in [7, 11) is 1.40. The first-order valence-electron chi connectivity index (χ1n) is 7.09. The first kappa shape index (κ1) is 16.5. The van der Waals surface area contributed by atoms with Gasteiger partial charge in [0.2, 0.25) is 5.88 Å². The molecule has 1 aromatic heterocycles. The highest BCUT2D eigenvalue weighted by Crippen LogP contribution is 2.24. The average molecular weight is 319 g/mol. The lowest BCUT2D eigenvalue weighted by atomic mass is 10.2. The summed E-state index contributed by atoms with van der Waals surface area (Å²) in [6.07, 6.45) is 1.62. The third-order valence-electron chi connectivity index (χ3n) is 2.98. The van der Waals surface area contributed by atoms with Crippen LogP contribution in [0.1, 0.15) is 12.5 Å². The van der Waals surface area contributed by atoms with Crippen LogP contribution in [0.25, 0.3) is 0 Å². The van der Waals surface area contributed by atoms with Crippen molar-refractivity contribution in [3.63, 3.8) is 0 Å². The Morgan fingerprint density at radius 1 is 1.35 bits per heavy atom. The topological polar surface area (TPSA) is 72.5 Å². The molecule has 0 fully saturated rings. The van der Waals surface area contributed by atoms with E-state index in [9.17, 15) is 9.18 Å². The summed E-state index contributed by atoms with van der Waals surface area (Å²) in [6, 6.07) is 7.01. The Hall–Kier alpha value is -2.83. The fourth-order valence-electron chi connectivity index (χ4n) is 1.94. The second-order valence-corrected chi connectivity index (χ2v) is 4.55. The van der Waals surface area contributed by atoms with Crippen molar-refractivity contribution in [3.05, 3.63) is 47.9 Å². The van der Waals surface area contributed by atoms with Crippen LogP contribution in [0.15, 0.2) is 36.5 Å². The van der Waals surface area contributed by atoms with Crippen molar-refractivity contribution in [2.45, 2.75) is 13.5 Å².